The summed E-state index contributed by atoms with van der Waals surface area (Å²) >= 11 is 0. The minimum atomic E-state index is -3.45. The van der Waals surface area contributed by atoms with Crippen molar-refractivity contribution in [3.63, 3.8) is 0 Å². The van der Waals surface area contributed by atoms with Gasteiger partial charge in [-0.05, 0) is 31.4 Å². The largest absolute Gasteiger partial charge is 0.495 e. The molecule has 0 saturated heterocycles. The Morgan fingerprint density at radius 1 is 1.24 bits per heavy atom. The van der Waals surface area contributed by atoms with Gasteiger partial charge in [0, 0.05) is 17.0 Å². The number of ether oxygens (including phenoxy) is 1. The first-order valence-corrected chi connectivity index (χ1v) is 14.1. The van der Waals surface area contributed by atoms with Gasteiger partial charge in [0.25, 0.3) is 0 Å². The Morgan fingerprint density at radius 3 is 2.55 bits per heavy atom. The Balaban J connectivity index is 2.18. The van der Waals surface area contributed by atoms with E-state index in [9.17, 15) is 8.42 Å². The van der Waals surface area contributed by atoms with E-state index in [0.29, 0.717) is 24.4 Å². The Labute approximate surface area is 199 Å². The number of nitrogens with one attached hydrogen (secondary N) is 1. The monoisotopic (exact) mass is 490 g/mol. The lowest BCUT2D eigenvalue weighted by molar-refractivity contribution is 0.404. The molecule has 0 aliphatic heterocycles. The zero-order valence-corrected chi connectivity index (χ0v) is 22.1. The topological polar surface area (TPSA) is 85.6 Å². The molecule has 180 valence electrons. The highest BCUT2D eigenvalue weighted by Gasteiger charge is 2.22. The number of pyridine rings is 2. The highest BCUT2D eigenvalue weighted by Crippen LogP contribution is 2.44. The number of sulfonamides is 1. The molecule has 3 aromatic rings. The number of anilines is 1. The summed E-state index contributed by atoms with van der Waals surface area (Å²) in [5.41, 5.74) is 3.04. The number of imidazole rings is 1. The Bertz CT molecular complexity index is 1290. The lowest BCUT2D eigenvalue weighted by Crippen LogP contribution is -2.18. The molecule has 0 aromatic carbocycles. The van der Waals surface area contributed by atoms with Gasteiger partial charge in [-0.3, -0.25) is 9.12 Å². The molecule has 0 aliphatic rings. The molecule has 7 nitrogen and oxygen atoms in total. The third-order valence-corrected chi connectivity index (χ3v) is 9.30. The Morgan fingerprint density at radius 2 is 1.97 bits per heavy atom. The molecular formula is C24H34N4O3S2. The summed E-state index contributed by atoms with van der Waals surface area (Å²) in [5, 5.41) is 2.22. The van der Waals surface area contributed by atoms with Crippen molar-refractivity contribution in [2.75, 3.05) is 17.6 Å². The van der Waals surface area contributed by atoms with Crippen LogP contribution in [0, 0.1) is 0 Å². The molecule has 0 spiro atoms. The highest BCUT2D eigenvalue weighted by molar-refractivity contribution is 8.16. The summed E-state index contributed by atoms with van der Waals surface area (Å²) < 4.78 is 35.2. The van der Waals surface area contributed by atoms with Crippen molar-refractivity contribution in [1.29, 1.82) is 0 Å². The van der Waals surface area contributed by atoms with Gasteiger partial charge in [-0.1, -0.05) is 46.1 Å². The molecular weight excluding hydrogens is 456 g/mol. The Hall–Kier alpha value is -2.39. The minimum absolute atomic E-state index is 0.0300. The van der Waals surface area contributed by atoms with E-state index in [1.807, 2.05) is 36.4 Å². The van der Waals surface area contributed by atoms with Crippen LogP contribution in [0.15, 0.2) is 35.5 Å². The molecule has 1 atom stereocenters. The van der Waals surface area contributed by atoms with Crippen molar-refractivity contribution in [3.05, 3.63) is 36.2 Å². The van der Waals surface area contributed by atoms with E-state index in [0.717, 1.165) is 27.5 Å². The van der Waals surface area contributed by atoms with Gasteiger partial charge in [-0.15, -0.1) is 10.5 Å². The van der Waals surface area contributed by atoms with Crippen molar-refractivity contribution >= 4 is 37.3 Å². The van der Waals surface area contributed by atoms with E-state index in [4.69, 9.17) is 9.72 Å². The second kappa shape index (κ2) is 9.85. The fourth-order valence-corrected chi connectivity index (χ4v) is 7.09. The maximum absolute atomic E-state index is 12.4. The predicted molar refractivity (Wildman–Crippen MR) is 139 cm³/mol. The fraction of sp³-hybridized carbons (Fsp3) is 0.458. The minimum Gasteiger partial charge on any atom is -0.495 e. The third-order valence-electron chi connectivity index (χ3n) is 5.27. The quantitative estimate of drug-likeness (QED) is 0.429. The van der Waals surface area contributed by atoms with E-state index >= 15 is 0 Å². The average Bonchev–Trinajstić information content (AvgIpc) is 3.15. The van der Waals surface area contributed by atoms with Crippen LogP contribution in [0.3, 0.4) is 0 Å². The Kier molecular flexibility index (Phi) is 7.53. The SMILES string of the molecule is C/C=S(\c1cn2c(-c3ccc(CC)c(NS(=O)(=O)CCC)n3)cnc2cc1OC)C(C)(C)C. The number of aryl methyl sites for hydroxylation is 1. The number of hydrogen-bond acceptors (Lipinski definition) is 5. The van der Waals surface area contributed by atoms with Crippen LogP contribution in [0.2, 0.25) is 0 Å². The molecule has 1 N–H and O–H groups in total. The van der Waals surface area contributed by atoms with Gasteiger partial charge in [0.15, 0.2) is 0 Å². The molecule has 9 heteroatoms. The van der Waals surface area contributed by atoms with Crippen LogP contribution >= 0.6 is 10.5 Å². The van der Waals surface area contributed by atoms with Gasteiger partial charge in [-0.2, -0.15) is 0 Å². The first kappa shape index (κ1) is 25.2. The lowest BCUT2D eigenvalue weighted by atomic mass is 10.1. The van der Waals surface area contributed by atoms with Gasteiger partial charge in [-0.25, -0.2) is 18.4 Å². The van der Waals surface area contributed by atoms with Gasteiger partial charge in [0.2, 0.25) is 10.0 Å². The van der Waals surface area contributed by atoms with Crippen LogP contribution in [-0.2, 0) is 16.4 Å². The maximum Gasteiger partial charge on any atom is 0.233 e. The number of fused-ring (bicyclic) bond motifs is 1. The average molecular weight is 491 g/mol. The van der Waals surface area contributed by atoms with E-state index in [1.165, 1.54) is 0 Å². The fourth-order valence-electron chi connectivity index (χ4n) is 3.78. The molecule has 0 amide bonds. The molecule has 0 bridgehead atoms. The molecule has 3 aromatic heterocycles. The lowest BCUT2D eigenvalue weighted by Gasteiger charge is -2.26. The summed E-state index contributed by atoms with van der Waals surface area (Å²) in [4.78, 5) is 10.4. The summed E-state index contributed by atoms with van der Waals surface area (Å²) in [7, 11) is -1.93. The van der Waals surface area contributed by atoms with Crippen LogP contribution in [0.4, 0.5) is 5.82 Å². The van der Waals surface area contributed by atoms with Gasteiger partial charge >= 0.3 is 0 Å². The molecule has 33 heavy (non-hydrogen) atoms. The van der Waals surface area contributed by atoms with Gasteiger partial charge in [0.05, 0.1) is 35.3 Å². The second-order valence-corrected chi connectivity index (χ2v) is 13.4. The summed E-state index contributed by atoms with van der Waals surface area (Å²) in [6, 6.07) is 5.79. The normalized spacial score (nSPS) is 13.4. The van der Waals surface area contributed by atoms with E-state index in [1.54, 1.807) is 13.3 Å². The number of methoxy groups -OCH3 is 1. The van der Waals surface area contributed by atoms with E-state index < -0.39 is 10.0 Å². The standard InChI is InChI=1S/C24H34N4O3S2/c1-8-13-33(29,30)27-23-17(9-2)11-12-18(26-23)19-15-25-22-14-20(31-7)21(16-28(19)22)32(10-3)24(4,5)6/h10-12,14-16H,8-9,13H2,1-7H3,(H,26,27). The van der Waals surface area contributed by atoms with Crippen LogP contribution in [0.25, 0.3) is 17.0 Å². The van der Waals surface area contributed by atoms with Crippen molar-refractivity contribution in [1.82, 2.24) is 14.4 Å². The molecule has 0 saturated carbocycles. The zero-order valence-electron chi connectivity index (χ0n) is 20.5. The second-order valence-electron chi connectivity index (χ2n) is 8.74. The van der Waals surface area contributed by atoms with Gasteiger partial charge in [0.1, 0.15) is 17.2 Å². The first-order valence-electron chi connectivity index (χ1n) is 11.1. The van der Waals surface area contributed by atoms with Crippen molar-refractivity contribution in [2.24, 2.45) is 0 Å². The zero-order chi connectivity index (χ0) is 24.4. The first-order chi connectivity index (χ1) is 15.5. The maximum atomic E-state index is 12.4. The van der Waals surface area contributed by atoms with Crippen molar-refractivity contribution in [3.8, 4) is 17.1 Å². The molecule has 0 aliphatic carbocycles. The van der Waals surface area contributed by atoms with Crippen molar-refractivity contribution < 1.29 is 13.2 Å². The smallest absolute Gasteiger partial charge is 0.233 e. The molecule has 3 rings (SSSR count). The van der Waals surface area contributed by atoms with Crippen LogP contribution in [-0.4, -0.2) is 45.8 Å². The van der Waals surface area contributed by atoms with Crippen LogP contribution in [0.1, 0.15) is 53.5 Å². The molecule has 3 heterocycles. The highest BCUT2D eigenvalue weighted by atomic mass is 32.2. The van der Waals surface area contributed by atoms with E-state index in [-0.39, 0.29) is 21.0 Å². The summed E-state index contributed by atoms with van der Waals surface area (Å²) in [6.45, 7) is 12.5. The molecule has 1 unspecified atom stereocenters. The number of aromatic nitrogens is 3. The summed E-state index contributed by atoms with van der Waals surface area (Å²) in [5.74, 6) is 1.24. The number of nitrogens with zero attached hydrogens (tertiary/aromatic N) is 3. The number of rotatable bonds is 8. The molecule has 0 fully saturated rings. The summed E-state index contributed by atoms with van der Waals surface area (Å²) in [6.07, 6.45) is 5.05. The van der Waals surface area contributed by atoms with Gasteiger partial charge < -0.3 is 4.74 Å². The van der Waals surface area contributed by atoms with E-state index in [2.05, 4.69) is 49.0 Å². The van der Waals surface area contributed by atoms with Crippen molar-refractivity contribution in [2.45, 2.75) is 64.0 Å². The third kappa shape index (κ3) is 5.41. The van der Waals surface area contributed by atoms with Crippen LogP contribution in [0.5, 0.6) is 5.75 Å². The van der Waals surface area contributed by atoms with Crippen LogP contribution < -0.4 is 9.46 Å². The predicted octanol–water partition coefficient (Wildman–Crippen LogP) is 5.37. The number of hydrogen-bond donors (Lipinski definition) is 1. The molecule has 0 radical (unpaired) electrons.